The highest BCUT2D eigenvalue weighted by molar-refractivity contribution is 7.98. The minimum absolute atomic E-state index is 0.0921. The topological polar surface area (TPSA) is 81.0 Å². The van der Waals surface area contributed by atoms with Crippen LogP contribution in [0.15, 0.2) is 83.4 Å². The largest absolute Gasteiger partial charge is 0.342 e. The first-order valence-corrected chi connectivity index (χ1v) is 12.0. The number of carbonyl (C=O) groups is 1. The number of carbonyl (C=O) groups excluding carboxylic acids is 1. The predicted octanol–water partition coefficient (Wildman–Crippen LogP) is 4.14. The van der Waals surface area contributed by atoms with Crippen LogP contribution in [0.25, 0.3) is 5.69 Å². The van der Waals surface area contributed by atoms with Crippen molar-refractivity contribution in [3.63, 3.8) is 0 Å². The summed E-state index contributed by atoms with van der Waals surface area (Å²) in [4.78, 5) is 39.7. The molecule has 0 saturated carbocycles. The molecule has 178 valence electrons. The molecule has 0 atom stereocenters. The second kappa shape index (κ2) is 11.1. The number of benzene rings is 2. The molecule has 0 saturated heterocycles. The van der Waals surface area contributed by atoms with Crippen molar-refractivity contribution >= 4 is 17.7 Å². The molecule has 2 heterocycles. The Bertz CT molecular complexity index is 1380. The van der Waals surface area contributed by atoms with Gasteiger partial charge in [0.2, 0.25) is 0 Å². The van der Waals surface area contributed by atoms with Gasteiger partial charge in [0.15, 0.2) is 5.16 Å². The van der Waals surface area contributed by atoms with E-state index in [9.17, 15) is 14.0 Å². The Morgan fingerprint density at radius 1 is 1.09 bits per heavy atom. The van der Waals surface area contributed by atoms with Gasteiger partial charge in [0.1, 0.15) is 12.1 Å². The normalized spacial score (nSPS) is 10.8. The van der Waals surface area contributed by atoms with E-state index in [4.69, 9.17) is 0 Å². The van der Waals surface area contributed by atoms with Gasteiger partial charge in [-0.1, -0.05) is 30.0 Å². The van der Waals surface area contributed by atoms with Crippen molar-refractivity contribution in [2.45, 2.75) is 24.3 Å². The van der Waals surface area contributed by atoms with Crippen molar-refractivity contribution in [2.75, 3.05) is 13.6 Å². The van der Waals surface area contributed by atoms with Gasteiger partial charge < -0.3 is 4.90 Å². The molecule has 0 fully saturated rings. The maximum Gasteiger partial charge on any atom is 0.277 e. The Balaban J connectivity index is 1.74. The number of aromatic nitrogens is 4. The van der Waals surface area contributed by atoms with Crippen LogP contribution in [0.2, 0.25) is 0 Å². The lowest BCUT2D eigenvalue weighted by Gasteiger charge is -2.17. The van der Waals surface area contributed by atoms with Crippen molar-refractivity contribution in [3.8, 4) is 5.69 Å². The van der Waals surface area contributed by atoms with Gasteiger partial charge in [0, 0.05) is 61.2 Å². The first kappa shape index (κ1) is 24.3. The Morgan fingerprint density at radius 2 is 1.83 bits per heavy atom. The van der Waals surface area contributed by atoms with Gasteiger partial charge in [-0.25, -0.2) is 14.4 Å². The Labute approximate surface area is 206 Å². The summed E-state index contributed by atoms with van der Waals surface area (Å²) in [6.45, 7) is 2.50. The van der Waals surface area contributed by atoms with Gasteiger partial charge in [-0.05, 0) is 48.4 Å². The molecular weight excluding hydrogens is 465 g/mol. The third-order valence-corrected chi connectivity index (χ3v) is 6.47. The third-order valence-electron chi connectivity index (χ3n) is 5.45. The predicted molar refractivity (Wildman–Crippen MR) is 133 cm³/mol. The quantitative estimate of drug-likeness (QED) is 0.273. The fourth-order valence-corrected chi connectivity index (χ4v) is 4.34. The zero-order chi connectivity index (χ0) is 24.8. The minimum Gasteiger partial charge on any atom is -0.342 e. The molecule has 4 aromatic rings. The Morgan fingerprint density at radius 3 is 2.54 bits per heavy atom. The summed E-state index contributed by atoms with van der Waals surface area (Å²) in [5, 5.41) is 0.473. The van der Waals surface area contributed by atoms with Gasteiger partial charge in [0.05, 0.1) is 0 Å². The molecule has 0 bridgehead atoms. The Kier molecular flexibility index (Phi) is 7.67. The molecule has 9 heteroatoms. The zero-order valence-corrected chi connectivity index (χ0v) is 20.2. The summed E-state index contributed by atoms with van der Waals surface area (Å²) in [6, 6.07) is 13.4. The average Bonchev–Trinajstić information content (AvgIpc) is 2.89. The summed E-state index contributed by atoms with van der Waals surface area (Å²) in [7, 11) is 1.75. The van der Waals surface area contributed by atoms with E-state index in [1.807, 2.05) is 23.6 Å². The monoisotopic (exact) mass is 489 g/mol. The molecule has 35 heavy (non-hydrogen) atoms. The zero-order valence-electron chi connectivity index (χ0n) is 19.4. The first-order valence-electron chi connectivity index (χ1n) is 11.0. The van der Waals surface area contributed by atoms with Crippen LogP contribution in [0.1, 0.15) is 34.0 Å². The van der Waals surface area contributed by atoms with Gasteiger partial charge in [-0.2, -0.15) is 4.98 Å². The first-order chi connectivity index (χ1) is 16.9. The summed E-state index contributed by atoms with van der Waals surface area (Å²) in [6.07, 6.45) is 6.84. The molecule has 2 aromatic carbocycles. The van der Waals surface area contributed by atoms with E-state index in [1.165, 1.54) is 30.2 Å². The lowest BCUT2D eigenvalue weighted by atomic mass is 10.1. The highest BCUT2D eigenvalue weighted by atomic mass is 32.2. The number of hydrogen-bond acceptors (Lipinski definition) is 6. The molecule has 0 radical (unpaired) electrons. The smallest absolute Gasteiger partial charge is 0.277 e. The molecule has 1 amide bonds. The molecule has 7 nitrogen and oxygen atoms in total. The van der Waals surface area contributed by atoms with Gasteiger partial charge in [-0.15, -0.1) is 0 Å². The highest BCUT2D eigenvalue weighted by Gasteiger charge is 2.15. The van der Waals surface area contributed by atoms with E-state index in [0.29, 0.717) is 40.7 Å². The van der Waals surface area contributed by atoms with Crippen LogP contribution in [0, 0.1) is 5.82 Å². The molecular formula is C26H24FN5O2S. The van der Waals surface area contributed by atoms with Crippen LogP contribution in [0.3, 0.4) is 0 Å². The number of thioether (sulfide) groups is 1. The molecule has 0 unspecified atom stereocenters. The van der Waals surface area contributed by atoms with Crippen LogP contribution in [-0.4, -0.2) is 43.9 Å². The lowest BCUT2D eigenvalue weighted by molar-refractivity contribution is 0.0802. The van der Waals surface area contributed by atoms with Crippen molar-refractivity contribution in [1.29, 1.82) is 0 Å². The molecule has 0 spiro atoms. The molecule has 4 rings (SSSR count). The van der Waals surface area contributed by atoms with E-state index in [1.54, 1.807) is 54.8 Å². The maximum absolute atomic E-state index is 13.3. The molecule has 0 aliphatic carbocycles. The summed E-state index contributed by atoms with van der Waals surface area (Å²) < 4.78 is 15.1. The van der Waals surface area contributed by atoms with E-state index in [0.717, 1.165) is 11.1 Å². The highest BCUT2D eigenvalue weighted by Crippen LogP contribution is 2.25. The van der Waals surface area contributed by atoms with Crippen LogP contribution in [0.4, 0.5) is 4.39 Å². The SMILES string of the molecule is CCN(C)C(=O)c1cccc(-n2cc(Cc3cncnc3)c(=O)nc2SCc2ccc(F)cc2)c1. The van der Waals surface area contributed by atoms with Gasteiger partial charge in [0.25, 0.3) is 11.5 Å². The molecule has 0 aliphatic heterocycles. The van der Waals surface area contributed by atoms with Crippen molar-refractivity contribution in [3.05, 3.63) is 112 Å². The minimum atomic E-state index is -0.343. The molecule has 2 aromatic heterocycles. The summed E-state index contributed by atoms with van der Waals surface area (Å²) in [5.41, 5.74) is 3.07. The molecule has 0 aliphatic rings. The second-order valence-electron chi connectivity index (χ2n) is 7.93. The number of halogens is 1. The maximum atomic E-state index is 13.3. The number of rotatable bonds is 8. The van der Waals surface area contributed by atoms with Crippen LogP contribution in [-0.2, 0) is 12.2 Å². The average molecular weight is 490 g/mol. The lowest BCUT2D eigenvalue weighted by Crippen LogP contribution is -2.26. The number of amides is 1. The van der Waals surface area contributed by atoms with E-state index in [2.05, 4.69) is 15.0 Å². The van der Waals surface area contributed by atoms with Crippen molar-refractivity contribution in [1.82, 2.24) is 24.4 Å². The summed E-state index contributed by atoms with van der Waals surface area (Å²) >= 11 is 1.36. The Hall–Kier alpha value is -3.85. The van der Waals surface area contributed by atoms with E-state index >= 15 is 0 Å². The summed E-state index contributed by atoms with van der Waals surface area (Å²) in [5.74, 6) is 0.0996. The second-order valence-corrected chi connectivity index (χ2v) is 8.87. The standard InChI is InChI=1S/C26H24FN5O2S/c1-3-31(2)25(34)20-5-4-6-23(12-20)32-15-21(11-19-13-28-17-29-14-19)24(33)30-26(32)35-16-18-7-9-22(27)10-8-18/h4-10,12-15,17H,3,11,16H2,1-2H3. The van der Waals surface area contributed by atoms with E-state index < -0.39 is 0 Å². The van der Waals surface area contributed by atoms with Crippen molar-refractivity contribution < 1.29 is 9.18 Å². The van der Waals surface area contributed by atoms with Gasteiger partial charge in [-0.3, -0.25) is 14.2 Å². The van der Waals surface area contributed by atoms with Crippen molar-refractivity contribution in [2.24, 2.45) is 0 Å². The third kappa shape index (κ3) is 5.99. The number of hydrogen-bond donors (Lipinski definition) is 0. The van der Waals surface area contributed by atoms with Gasteiger partial charge >= 0.3 is 0 Å². The van der Waals surface area contributed by atoms with Crippen LogP contribution in [0.5, 0.6) is 0 Å². The fraction of sp³-hybridized carbons (Fsp3) is 0.192. The van der Waals surface area contributed by atoms with Crippen LogP contribution >= 0.6 is 11.8 Å². The molecule has 0 N–H and O–H groups in total. The van der Waals surface area contributed by atoms with Crippen LogP contribution < -0.4 is 5.56 Å². The number of nitrogens with zero attached hydrogens (tertiary/aromatic N) is 5. The fourth-order valence-electron chi connectivity index (χ4n) is 3.41. The van der Waals surface area contributed by atoms with E-state index in [-0.39, 0.29) is 17.3 Å².